The maximum Gasteiger partial charge on any atom is 0.242 e. The molecular formula is C22H38N2O3S. The minimum atomic E-state index is -0.261. The van der Waals surface area contributed by atoms with Crippen LogP contribution < -0.4 is 5.32 Å². The third kappa shape index (κ3) is 7.76. The number of nitrogens with zero attached hydrogens (tertiary/aromatic N) is 1. The van der Waals surface area contributed by atoms with Crippen LogP contribution in [0.5, 0.6) is 0 Å². The average Bonchev–Trinajstić information content (AvgIpc) is 2.98. The molecule has 1 saturated heterocycles. The molecule has 0 aromatic rings. The van der Waals surface area contributed by atoms with Gasteiger partial charge in [-0.15, -0.1) is 11.8 Å². The SMILES string of the molecule is CCCCCCCCCN1C(=O)CC(SCCNC(=O)C2CCCCC2)C1=O. The van der Waals surface area contributed by atoms with Crippen molar-refractivity contribution in [2.45, 2.75) is 95.6 Å². The Hall–Kier alpha value is -1.04. The molecule has 28 heavy (non-hydrogen) atoms. The quantitative estimate of drug-likeness (QED) is 0.363. The van der Waals surface area contributed by atoms with Crippen LogP contribution >= 0.6 is 11.8 Å². The molecule has 2 rings (SSSR count). The van der Waals surface area contributed by atoms with Crippen LogP contribution in [0.2, 0.25) is 0 Å². The Morgan fingerprint density at radius 2 is 1.71 bits per heavy atom. The molecule has 1 unspecified atom stereocenters. The summed E-state index contributed by atoms with van der Waals surface area (Å²) in [6, 6.07) is 0. The lowest BCUT2D eigenvalue weighted by atomic mass is 9.89. The van der Waals surface area contributed by atoms with Crippen molar-refractivity contribution in [2.75, 3.05) is 18.8 Å². The van der Waals surface area contributed by atoms with Gasteiger partial charge in [0, 0.05) is 31.2 Å². The summed E-state index contributed by atoms with van der Waals surface area (Å²) in [5.41, 5.74) is 0. The highest BCUT2D eigenvalue weighted by molar-refractivity contribution is 8.00. The van der Waals surface area contributed by atoms with Crippen LogP contribution in [0.25, 0.3) is 0 Å². The van der Waals surface area contributed by atoms with Gasteiger partial charge < -0.3 is 5.32 Å². The molecule has 0 radical (unpaired) electrons. The number of amides is 3. The van der Waals surface area contributed by atoms with Gasteiger partial charge in [0.1, 0.15) is 0 Å². The fourth-order valence-electron chi connectivity index (χ4n) is 4.13. The monoisotopic (exact) mass is 410 g/mol. The first-order valence-corrected chi connectivity index (χ1v) is 12.4. The minimum Gasteiger partial charge on any atom is -0.355 e. The van der Waals surface area contributed by atoms with E-state index in [0.29, 0.717) is 25.3 Å². The van der Waals surface area contributed by atoms with Crippen molar-refractivity contribution in [3.05, 3.63) is 0 Å². The topological polar surface area (TPSA) is 66.5 Å². The third-order valence-corrected chi connectivity index (χ3v) is 7.09. The highest BCUT2D eigenvalue weighted by Crippen LogP contribution is 2.26. The maximum atomic E-state index is 12.5. The van der Waals surface area contributed by atoms with Crippen molar-refractivity contribution in [1.82, 2.24) is 10.2 Å². The van der Waals surface area contributed by atoms with Gasteiger partial charge in [-0.3, -0.25) is 19.3 Å². The van der Waals surface area contributed by atoms with E-state index in [4.69, 9.17) is 0 Å². The van der Waals surface area contributed by atoms with Crippen LogP contribution in [0.3, 0.4) is 0 Å². The van der Waals surface area contributed by atoms with Gasteiger partial charge in [0.15, 0.2) is 0 Å². The molecule has 0 bridgehead atoms. The normalized spacial score (nSPS) is 20.8. The number of nitrogens with one attached hydrogen (secondary N) is 1. The summed E-state index contributed by atoms with van der Waals surface area (Å²) in [6.45, 7) is 3.36. The molecule has 1 aliphatic carbocycles. The van der Waals surface area contributed by atoms with Gasteiger partial charge in [0.25, 0.3) is 0 Å². The van der Waals surface area contributed by atoms with E-state index in [0.717, 1.165) is 38.5 Å². The molecule has 2 aliphatic rings. The highest BCUT2D eigenvalue weighted by Gasteiger charge is 2.38. The summed E-state index contributed by atoms with van der Waals surface area (Å²) in [4.78, 5) is 38.3. The molecule has 0 aromatic carbocycles. The molecule has 1 N–H and O–H groups in total. The summed E-state index contributed by atoms with van der Waals surface area (Å²) in [7, 11) is 0. The van der Waals surface area contributed by atoms with Crippen molar-refractivity contribution in [3.63, 3.8) is 0 Å². The summed E-state index contributed by atoms with van der Waals surface area (Å²) in [6.07, 6.45) is 14.1. The zero-order chi connectivity index (χ0) is 20.2. The van der Waals surface area contributed by atoms with E-state index in [2.05, 4.69) is 12.2 Å². The predicted molar refractivity (Wildman–Crippen MR) is 115 cm³/mol. The summed E-state index contributed by atoms with van der Waals surface area (Å²) >= 11 is 1.51. The lowest BCUT2D eigenvalue weighted by molar-refractivity contribution is -0.138. The summed E-state index contributed by atoms with van der Waals surface area (Å²) in [5.74, 6) is 0.966. The lowest BCUT2D eigenvalue weighted by Crippen LogP contribution is -2.34. The Morgan fingerprint density at radius 3 is 2.43 bits per heavy atom. The van der Waals surface area contributed by atoms with Gasteiger partial charge in [0.05, 0.1) is 5.25 Å². The number of rotatable bonds is 13. The largest absolute Gasteiger partial charge is 0.355 e. The molecule has 1 aliphatic heterocycles. The molecule has 0 aromatic heterocycles. The molecule has 6 heteroatoms. The van der Waals surface area contributed by atoms with Crippen LogP contribution in [0, 0.1) is 5.92 Å². The van der Waals surface area contributed by atoms with E-state index < -0.39 is 0 Å². The number of hydrogen-bond donors (Lipinski definition) is 1. The fraction of sp³-hybridized carbons (Fsp3) is 0.864. The molecule has 1 atom stereocenters. The van der Waals surface area contributed by atoms with Gasteiger partial charge >= 0.3 is 0 Å². The van der Waals surface area contributed by atoms with Gasteiger partial charge in [-0.25, -0.2) is 0 Å². The Balaban J connectivity index is 1.57. The number of hydrogen-bond acceptors (Lipinski definition) is 4. The van der Waals surface area contributed by atoms with Gasteiger partial charge in [0.2, 0.25) is 17.7 Å². The van der Waals surface area contributed by atoms with Gasteiger partial charge in [-0.2, -0.15) is 0 Å². The molecule has 160 valence electrons. The van der Waals surface area contributed by atoms with E-state index in [9.17, 15) is 14.4 Å². The minimum absolute atomic E-state index is 0.0280. The predicted octanol–water partition coefficient (Wildman–Crippen LogP) is 4.29. The average molecular weight is 411 g/mol. The van der Waals surface area contributed by atoms with Crippen LogP contribution in [0.1, 0.15) is 90.4 Å². The van der Waals surface area contributed by atoms with Crippen molar-refractivity contribution in [3.8, 4) is 0 Å². The molecule has 1 heterocycles. The zero-order valence-electron chi connectivity index (χ0n) is 17.5. The van der Waals surface area contributed by atoms with E-state index in [1.54, 1.807) is 0 Å². The smallest absolute Gasteiger partial charge is 0.242 e. The number of carbonyl (C=O) groups is 3. The van der Waals surface area contributed by atoms with Crippen LogP contribution in [-0.4, -0.2) is 46.7 Å². The Kier molecular flexibility index (Phi) is 11.0. The van der Waals surface area contributed by atoms with Crippen LogP contribution in [0.4, 0.5) is 0 Å². The standard InChI is InChI=1S/C22H38N2O3S/c1-2-3-4-5-6-7-11-15-24-20(25)17-19(22(24)27)28-16-14-23-21(26)18-12-9-8-10-13-18/h18-19H,2-17H2,1H3,(H,23,26). The third-order valence-electron chi connectivity index (χ3n) is 5.88. The van der Waals surface area contributed by atoms with Crippen molar-refractivity contribution in [1.29, 1.82) is 0 Å². The molecule has 5 nitrogen and oxygen atoms in total. The summed E-state index contributed by atoms with van der Waals surface area (Å²) < 4.78 is 0. The maximum absolute atomic E-state index is 12.5. The Labute approximate surface area is 174 Å². The molecule has 0 spiro atoms. The fourth-order valence-corrected chi connectivity index (χ4v) is 5.16. The second-order valence-electron chi connectivity index (χ2n) is 8.19. The number of likely N-dealkylation sites (tertiary alicyclic amines) is 1. The van der Waals surface area contributed by atoms with Crippen LogP contribution in [-0.2, 0) is 14.4 Å². The zero-order valence-corrected chi connectivity index (χ0v) is 18.4. The van der Waals surface area contributed by atoms with Crippen molar-refractivity contribution >= 4 is 29.5 Å². The van der Waals surface area contributed by atoms with Gasteiger partial charge in [-0.05, 0) is 19.3 Å². The lowest BCUT2D eigenvalue weighted by Gasteiger charge is -2.20. The first-order chi connectivity index (χ1) is 13.6. The summed E-state index contributed by atoms with van der Waals surface area (Å²) in [5, 5.41) is 2.75. The number of carbonyl (C=O) groups excluding carboxylic acids is 3. The molecule has 2 fully saturated rings. The molecule has 1 saturated carbocycles. The molecular weight excluding hydrogens is 372 g/mol. The van der Waals surface area contributed by atoms with Crippen LogP contribution in [0.15, 0.2) is 0 Å². The van der Waals surface area contributed by atoms with Gasteiger partial charge in [-0.1, -0.05) is 64.7 Å². The highest BCUT2D eigenvalue weighted by atomic mass is 32.2. The Bertz CT molecular complexity index is 506. The number of thioether (sulfide) groups is 1. The van der Waals surface area contributed by atoms with E-state index in [-0.39, 0.29) is 28.9 Å². The second-order valence-corrected chi connectivity index (χ2v) is 9.51. The van der Waals surface area contributed by atoms with E-state index >= 15 is 0 Å². The van der Waals surface area contributed by atoms with E-state index in [1.807, 2.05) is 0 Å². The first kappa shape index (κ1) is 23.2. The number of imide groups is 1. The van der Waals surface area contributed by atoms with E-state index in [1.165, 1.54) is 55.2 Å². The molecule has 3 amide bonds. The van der Waals surface area contributed by atoms with Crippen molar-refractivity contribution in [2.24, 2.45) is 5.92 Å². The Morgan fingerprint density at radius 1 is 1.04 bits per heavy atom. The first-order valence-electron chi connectivity index (χ1n) is 11.4. The van der Waals surface area contributed by atoms with Crippen molar-refractivity contribution < 1.29 is 14.4 Å². The number of unbranched alkanes of at least 4 members (excludes halogenated alkanes) is 6. The second kappa shape index (κ2) is 13.2.